The third-order valence-electron chi connectivity index (χ3n) is 12.6. The highest BCUT2D eigenvalue weighted by Gasteiger charge is 2.09. The summed E-state index contributed by atoms with van der Waals surface area (Å²) in [6.07, 6.45) is 15.4. The monoisotopic (exact) mass is 868 g/mol. The van der Waals surface area contributed by atoms with Gasteiger partial charge in [0.25, 0.3) is 0 Å². The molecule has 0 aliphatic carbocycles. The van der Waals surface area contributed by atoms with Crippen LogP contribution in [0.25, 0.3) is 58.4 Å². The molecule has 0 heteroatoms. The van der Waals surface area contributed by atoms with E-state index in [2.05, 4.69) is 291 Å². The minimum Gasteiger partial charge on any atom is -0.0622 e. The zero-order valence-corrected chi connectivity index (χ0v) is 38.1. The summed E-state index contributed by atoms with van der Waals surface area (Å²) in [5.74, 6) is 0. The molecule has 10 aromatic rings. The molecule has 0 amide bonds. The van der Waals surface area contributed by atoms with Crippen molar-refractivity contribution >= 4 is 58.4 Å². The molecule has 0 N–H and O–H groups in total. The van der Waals surface area contributed by atoms with Gasteiger partial charge in [-0.25, -0.2) is 0 Å². The van der Waals surface area contributed by atoms with Crippen molar-refractivity contribution in [2.75, 3.05) is 0 Å². The van der Waals surface area contributed by atoms with Crippen LogP contribution in [0, 0.1) is 0 Å². The number of benzene rings is 10. The zero-order valence-electron chi connectivity index (χ0n) is 38.1. The molecule has 0 saturated heterocycles. The molecule has 0 aliphatic rings. The van der Waals surface area contributed by atoms with Crippen LogP contribution < -0.4 is 0 Å². The lowest BCUT2D eigenvalue weighted by atomic mass is 9.93. The highest BCUT2D eigenvalue weighted by molar-refractivity contribution is 6.00. The van der Waals surface area contributed by atoms with Crippen molar-refractivity contribution in [3.05, 3.63) is 333 Å². The van der Waals surface area contributed by atoms with Crippen molar-refractivity contribution in [3.8, 4) is 0 Å². The van der Waals surface area contributed by atoms with Crippen molar-refractivity contribution in [3.63, 3.8) is 0 Å². The summed E-state index contributed by atoms with van der Waals surface area (Å²) in [5, 5.41) is 2.46. The molecule has 0 nitrogen and oxygen atoms in total. The average molecular weight is 869 g/mol. The Morgan fingerprint density at radius 2 is 0.574 bits per heavy atom. The minimum absolute atomic E-state index is 0.925. The molecule has 0 atom stereocenters. The fourth-order valence-electron chi connectivity index (χ4n) is 8.96. The van der Waals surface area contributed by atoms with E-state index in [-0.39, 0.29) is 0 Å². The van der Waals surface area contributed by atoms with Gasteiger partial charge in [-0.05, 0) is 125 Å². The van der Waals surface area contributed by atoms with Gasteiger partial charge in [0, 0.05) is 0 Å². The Hall–Kier alpha value is -8.58. The number of hydrogen-bond donors (Lipinski definition) is 0. The maximum absolute atomic E-state index is 2.30. The lowest BCUT2D eigenvalue weighted by Crippen LogP contribution is -1.91. The van der Waals surface area contributed by atoms with Crippen LogP contribution in [-0.4, -0.2) is 0 Å². The number of hydrogen-bond acceptors (Lipinski definition) is 0. The molecule has 0 fully saturated rings. The van der Waals surface area contributed by atoms with Gasteiger partial charge in [0.1, 0.15) is 0 Å². The Kier molecular flexibility index (Phi) is 13.5. The Labute approximate surface area is 401 Å². The van der Waals surface area contributed by atoms with E-state index in [4.69, 9.17) is 0 Å². The average Bonchev–Trinajstić information content (AvgIpc) is 3.40. The molecule has 0 radical (unpaired) electrons. The van der Waals surface area contributed by atoms with Gasteiger partial charge in [-0.2, -0.15) is 0 Å². The van der Waals surface area contributed by atoms with Crippen LogP contribution in [0.15, 0.2) is 255 Å². The van der Waals surface area contributed by atoms with Gasteiger partial charge in [0.15, 0.2) is 0 Å². The van der Waals surface area contributed by atoms with Gasteiger partial charge in [-0.1, -0.05) is 279 Å². The Morgan fingerprint density at radius 1 is 0.250 bits per heavy atom. The fraction of sp³-hybridized carbons (Fsp3) is 0.0294. The largest absolute Gasteiger partial charge is 0.0622 e. The third kappa shape index (κ3) is 10.9. The van der Waals surface area contributed by atoms with Gasteiger partial charge in [-0.3, -0.25) is 0 Å². The summed E-state index contributed by atoms with van der Waals surface area (Å²) >= 11 is 0. The molecule has 0 bridgehead atoms. The predicted molar refractivity (Wildman–Crippen MR) is 293 cm³/mol. The second kappa shape index (κ2) is 21.2. The standard InChI is InChI=1S/C68H52/c1-5-15-53(16-6-1)47-55-37-41-61(42-38-55)66(59-19-9-3-10-20-59)49-57-31-27-51(28-32-57)35-45-64-25-13-23-63-24-14-26-65(68(63)64)46-36-52-29-33-58(34-30-52)50-67(60-21-11-4-12-22-60)62-43-39-56(40-44-62)48-54-17-7-2-8-18-54/h1-46,49-50H,47-48H2. The third-order valence-corrected chi connectivity index (χ3v) is 12.6. The van der Waals surface area contributed by atoms with Crippen LogP contribution in [0.1, 0.15) is 77.9 Å². The van der Waals surface area contributed by atoms with Gasteiger partial charge < -0.3 is 0 Å². The minimum atomic E-state index is 0.925. The lowest BCUT2D eigenvalue weighted by Gasteiger charge is -2.11. The highest BCUT2D eigenvalue weighted by atomic mass is 14.1. The quantitative estimate of drug-likeness (QED) is 0.0955. The second-order valence-electron chi connectivity index (χ2n) is 17.4. The summed E-state index contributed by atoms with van der Waals surface area (Å²) in [7, 11) is 0. The first-order valence-electron chi connectivity index (χ1n) is 23.6. The first-order chi connectivity index (χ1) is 33.7. The normalized spacial score (nSPS) is 12.0. The molecule has 10 aromatic carbocycles. The van der Waals surface area contributed by atoms with Crippen molar-refractivity contribution in [2.24, 2.45) is 0 Å². The SMILES string of the molecule is C(=Cc1cccc2cccc(C=Cc3ccc(C=C(c4ccccc4)c4ccc(Cc5ccccc5)cc4)cc3)c12)c1ccc(C=C(c2ccccc2)c2ccc(Cc3ccccc3)cc2)cc1. The summed E-state index contributed by atoms with van der Waals surface area (Å²) < 4.78 is 0. The van der Waals surface area contributed by atoms with Crippen LogP contribution in [0.5, 0.6) is 0 Å². The van der Waals surface area contributed by atoms with E-state index >= 15 is 0 Å². The Bertz CT molecular complexity index is 3110. The van der Waals surface area contributed by atoms with Gasteiger partial charge in [0.05, 0.1) is 0 Å². The van der Waals surface area contributed by atoms with E-state index in [0.29, 0.717) is 0 Å². The summed E-state index contributed by atoms with van der Waals surface area (Å²) in [4.78, 5) is 0. The van der Waals surface area contributed by atoms with Crippen LogP contribution in [0.3, 0.4) is 0 Å². The maximum Gasteiger partial charge on any atom is -0.00258 e. The summed E-state index contributed by atoms with van der Waals surface area (Å²) in [5.41, 5.74) is 19.5. The molecule has 10 rings (SSSR count). The van der Waals surface area contributed by atoms with E-state index in [1.54, 1.807) is 0 Å². The number of fused-ring (bicyclic) bond motifs is 1. The van der Waals surface area contributed by atoms with Gasteiger partial charge in [0.2, 0.25) is 0 Å². The highest BCUT2D eigenvalue weighted by Crippen LogP contribution is 2.31. The molecule has 68 heavy (non-hydrogen) atoms. The number of rotatable bonds is 14. The topological polar surface area (TPSA) is 0 Å². The van der Waals surface area contributed by atoms with Crippen LogP contribution in [0.4, 0.5) is 0 Å². The second-order valence-corrected chi connectivity index (χ2v) is 17.4. The van der Waals surface area contributed by atoms with Crippen molar-refractivity contribution in [1.82, 2.24) is 0 Å². The first kappa shape index (κ1) is 43.3. The smallest absolute Gasteiger partial charge is 0.00258 e. The van der Waals surface area contributed by atoms with E-state index in [9.17, 15) is 0 Å². The van der Waals surface area contributed by atoms with Crippen molar-refractivity contribution < 1.29 is 0 Å². The maximum atomic E-state index is 2.30. The first-order valence-corrected chi connectivity index (χ1v) is 23.6. The Morgan fingerprint density at radius 3 is 0.956 bits per heavy atom. The van der Waals surface area contributed by atoms with E-state index in [0.717, 1.165) is 35.1 Å². The van der Waals surface area contributed by atoms with Crippen molar-refractivity contribution in [2.45, 2.75) is 12.8 Å². The molecular formula is C68H52. The fourth-order valence-corrected chi connectivity index (χ4v) is 8.96. The molecular weight excluding hydrogens is 817 g/mol. The summed E-state index contributed by atoms with van der Waals surface area (Å²) in [6.45, 7) is 0. The summed E-state index contributed by atoms with van der Waals surface area (Å²) in [6, 6.07) is 91.6. The predicted octanol–water partition coefficient (Wildman–Crippen LogP) is 17.5. The molecule has 0 aromatic heterocycles. The van der Waals surface area contributed by atoms with Crippen LogP contribution in [0.2, 0.25) is 0 Å². The zero-order chi connectivity index (χ0) is 45.7. The molecule has 0 saturated carbocycles. The van der Waals surface area contributed by atoms with E-state index in [1.165, 1.54) is 77.6 Å². The van der Waals surface area contributed by atoms with Gasteiger partial charge in [-0.15, -0.1) is 0 Å². The molecule has 324 valence electrons. The Balaban J connectivity index is 0.861. The van der Waals surface area contributed by atoms with Crippen molar-refractivity contribution in [1.29, 1.82) is 0 Å². The van der Waals surface area contributed by atoms with Crippen LogP contribution >= 0.6 is 0 Å². The molecule has 0 heterocycles. The molecule has 0 aliphatic heterocycles. The molecule has 0 spiro atoms. The van der Waals surface area contributed by atoms with Crippen LogP contribution in [-0.2, 0) is 12.8 Å². The van der Waals surface area contributed by atoms with E-state index < -0.39 is 0 Å². The van der Waals surface area contributed by atoms with E-state index in [1.807, 2.05) is 0 Å². The lowest BCUT2D eigenvalue weighted by molar-refractivity contribution is 1.19. The van der Waals surface area contributed by atoms with Gasteiger partial charge >= 0.3 is 0 Å². The molecule has 0 unspecified atom stereocenters.